The highest BCUT2D eigenvalue weighted by Gasteiger charge is 2.17. The predicted octanol–water partition coefficient (Wildman–Crippen LogP) is 3.26. The third kappa shape index (κ3) is 2.40. The van der Waals surface area contributed by atoms with Crippen molar-refractivity contribution in [2.24, 2.45) is 0 Å². The molecule has 1 heterocycles. The second kappa shape index (κ2) is 5.23. The summed E-state index contributed by atoms with van der Waals surface area (Å²) in [7, 11) is 0. The summed E-state index contributed by atoms with van der Waals surface area (Å²) in [4.78, 5) is 16.9. The summed E-state index contributed by atoms with van der Waals surface area (Å²) in [6.07, 6.45) is 6.36. The smallest absolute Gasteiger partial charge is 0.182 e. The predicted molar refractivity (Wildman–Crippen MR) is 79.1 cm³/mol. The van der Waals surface area contributed by atoms with Crippen LogP contribution in [-0.4, -0.2) is 15.3 Å². The van der Waals surface area contributed by atoms with Gasteiger partial charge in [-0.3, -0.25) is 4.79 Å². The average molecular weight is 268 g/mol. The topological polar surface area (TPSA) is 34.9 Å². The minimum absolute atomic E-state index is 0.174. The van der Waals surface area contributed by atoms with Crippen molar-refractivity contribution in [2.45, 2.75) is 46.1 Å². The van der Waals surface area contributed by atoms with Gasteiger partial charge in [0.1, 0.15) is 0 Å². The van der Waals surface area contributed by atoms with Gasteiger partial charge in [-0.1, -0.05) is 23.8 Å². The van der Waals surface area contributed by atoms with Crippen molar-refractivity contribution >= 4 is 5.78 Å². The average Bonchev–Trinajstić information content (AvgIpc) is 2.82. The van der Waals surface area contributed by atoms with Crippen LogP contribution in [0.3, 0.4) is 0 Å². The van der Waals surface area contributed by atoms with Crippen LogP contribution >= 0.6 is 0 Å². The fraction of sp³-hybridized carbons (Fsp3) is 0.412. The molecule has 0 spiro atoms. The molecule has 0 radical (unpaired) electrons. The lowest BCUT2D eigenvalue weighted by Crippen LogP contribution is -2.15. The summed E-state index contributed by atoms with van der Waals surface area (Å²) >= 11 is 0. The Morgan fingerprint density at radius 1 is 1.25 bits per heavy atom. The molecule has 2 aromatic rings. The summed E-state index contributed by atoms with van der Waals surface area (Å²) in [5.74, 6) is 0.174. The van der Waals surface area contributed by atoms with Crippen molar-refractivity contribution in [3.8, 4) is 0 Å². The number of aromatic nitrogens is 2. The Bertz CT molecular complexity index is 655. The Hall–Kier alpha value is -1.90. The number of imidazole rings is 1. The zero-order valence-electron chi connectivity index (χ0n) is 12.1. The molecule has 0 unspecified atom stereocenters. The van der Waals surface area contributed by atoms with Crippen LogP contribution in [0.1, 0.15) is 45.7 Å². The number of benzene rings is 1. The molecule has 0 amide bonds. The van der Waals surface area contributed by atoms with Gasteiger partial charge in [-0.2, -0.15) is 0 Å². The molecule has 3 heteroatoms. The van der Waals surface area contributed by atoms with E-state index in [2.05, 4.69) is 11.1 Å². The standard InChI is InChI=1S/C17H20N2O/c1-12-7-8-14(13(2)9-12)17(20)10-19-11-18-15-5-3-4-6-16(15)19/h7-9,11H,3-6,10H2,1-2H3. The number of carbonyl (C=O) groups excluding carboxylic acids is 1. The van der Waals surface area contributed by atoms with Gasteiger partial charge in [-0.25, -0.2) is 4.98 Å². The zero-order valence-corrected chi connectivity index (χ0v) is 12.1. The molecule has 20 heavy (non-hydrogen) atoms. The summed E-state index contributed by atoms with van der Waals surface area (Å²) in [6, 6.07) is 6.01. The molecule has 3 nitrogen and oxygen atoms in total. The lowest BCUT2D eigenvalue weighted by atomic mass is 10.00. The number of ketones is 1. The molecule has 1 aromatic heterocycles. The number of hydrogen-bond acceptors (Lipinski definition) is 2. The van der Waals surface area contributed by atoms with E-state index in [0.29, 0.717) is 6.54 Å². The first kappa shape index (κ1) is 13.1. The van der Waals surface area contributed by atoms with Gasteiger partial charge in [-0.15, -0.1) is 0 Å². The number of nitrogens with zero attached hydrogens (tertiary/aromatic N) is 2. The fourth-order valence-electron chi connectivity index (χ4n) is 3.03. The molecule has 0 saturated heterocycles. The highest BCUT2D eigenvalue weighted by atomic mass is 16.1. The van der Waals surface area contributed by atoms with Crippen LogP contribution in [0.5, 0.6) is 0 Å². The van der Waals surface area contributed by atoms with Gasteiger partial charge in [0.25, 0.3) is 0 Å². The molecule has 1 aromatic carbocycles. The molecule has 104 valence electrons. The molecule has 0 N–H and O–H groups in total. The molecule has 1 aliphatic carbocycles. The van der Waals surface area contributed by atoms with Crippen molar-refractivity contribution in [1.29, 1.82) is 0 Å². The van der Waals surface area contributed by atoms with Crippen LogP contribution in [-0.2, 0) is 19.4 Å². The summed E-state index contributed by atoms with van der Waals surface area (Å²) in [5.41, 5.74) is 5.52. The SMILES string of the molecule is Cc1ccc(C(=O)Cn2cnc3c2CCCC3)c(C)c1. The van der Waals surface area contributed by atoms with Crippen LogP contribution in [0.2, 0.25) is 0 Å². The van der Waals surface area contributed by atoms with Gasteiger partial charge >= 0.3 is 0 Å². The number of rotatable bonds is 3. The third-order valence-corrected chi connectivity index (χ3v) is 4.11. The number of aryl methyl sites for hydroxylation is 3. The monoisotopic (exact) mass is 268 g/mol. The highest BCUT2D eigenvalue weighted by Crippen LogP contribution is 2.20. The van der Waals surface area contributed by atoms with Crippen molar-refractivity contribution in [3.63, 3.8) is 0 Å². The number of hydrogen-bond donors (Lipinski definition) is 0. The maximum Gasteiger partial charge on any atom is 0.182 e. The molecule has 0 atom stereocenters. The van der Waals surface area contributed by atoms with Gasteiger partial charge in [0.15, 0.2) is 5.78 Å². The van der Waals surface area contributed by atoms with Gasteiger partial charge in [0, 0.05) is 11.3 Å². The Labute approximate surface area is 119 Å². The van der Waals surface area contributed by atoms with Crippen molar-refractivity contribution in [3.05, 3.63) is 52.6 Å². The van der Waals surface area contributed by atoms with Crippen molar-refractivity contribution < 1.29 is 4.79 Å². The van der Waals surface area contributed by atoms with Gasteiger partial charge in [0.2, 0.25) is 0 Å². The van der Waals surface area contributed by atoms with Crippen LogP contribution < -0.4 is 0 Å². The molecule has 0 bridgehead atoms. The highest BCUT2D eigenvalue weighted by molar-refractivity contribution is 5.97. The molecule has 1 aliphatic rings. The van der Waals surface area contributed by atoms with Crippen LogP contribution in [0.25, 0.3) is 0 Å². The lowest BCUT2D eigenvalue weighted by molar-refractivity contribution is 0.0970. The third-order valence-electron chi connectivity index (χ3n) is 4.11. The van der Waals surface area contributed by atoms with E-state index in [1.165, 1.54) is 29.8 Å². The van der Waals surface area contributed by atoms with E-state index >= 15 is 0 Å². The van der Waals surface area contributed by atoms with E-state index in [1.54, 1.807) is 0 Å². The fourth-order valence-corrected chi connectivity index (χ4v) is 3.03. The number of carbonyl (C=O) groups is 1. The van der Waals surface area contributed by atoms with Crippen LogP contribution in [0, 0.1) is 13.8 Å². The maximum absolute atomic E-state index is 12.5. The molecule has 0 fully saturated rings. The maximum atomic E-state index is 12.5. The lowest BCUT2D eigenvalue weighted by Gasteiger charge is -2.14. The Morgan fingerprint density at radius 2 is 2.05 bits per heavy atom. The van der Waals surface area contributed by atoms with Gasteiger partial charge in [0.05, 0.1) is 18.6 Å². The summed E-state index contributed by atoms with van der Waals surface area (Å²) < 4.78 is 2.04. The van der Waals surface area contributed by atoms with Crippen molar-refractivity contribution in [1.82, 2.24) is 9.55 Å². The first-order valence-corrected chi connectivity index (χ1v) is 7.28. The molecule has 0 aliphatic heterocycles. The normalized spacial score (nSPS) is 14.1. The van der Waals surface area contributed by atoms with Crippen molar-refractivity contribution in [2.75, 3.05) is 0 Å². The number of Topliss-reactive ketones (excluding diaryl/α,β-unsaturated/α-hetero) is 1. The molecule has 3 rings (SSSR count). The minimum atomic E-state index is 0.174. The Kier molecular flexibility index (Phi) is 3.43. The van der Waals surface area contributed by atoms with E-state index in [1.807, 2.05) is 36.9 Å². The second-order valence-electron chi connectivity index (χ2n) is 5.71. The van der Waals surface area contributed by atoms with E-state index in [0.717, 1.165) is 24.0 Å². The number of fused-ring (bicyclic) bond motifs is 1. The van der Waals surface area contributed by atoms with E-state index in [4.69, 9.17) is 0 Å². The minimum Gasteiger partial charge on any atom is -0.327 e. The summed E-state index contributed by atoms with van der Waals surface area (Å²) in [5, 5.41) is 0. The Balaban J connectivity index is 1.84. The zero-order chi connectivity index (χ0) is 14.1. The molecular weight excluding hydrogens is 248 g/mol. The van der Waals surface area contributed by atoms with Gasteiger partial charge in [-0.05, 0) is 45.1 Å². The van der Waals surface area contributed by atoms with Gasteiger partial charge < -0.3 is 4.57 Å². The van der Waals surface area contributed by atoms with E-state index in [-0.39, 0.29) is 5.78 Å². The molecule has 0 saturated carbocycles. The summed E-state index contributed by atoms with van der Waals surface area (Å²) in [6.45, 7) is 4.46. The second-order valence-corrected chi connectivity index (χ2v) is 5.71. The largest absolute Gasteiger partial charge is 0.327 e. The quantitative estimate of drug-likeness (QED) is 0.801. The van der Waals surface area contributed by atoms with Crippen LogP contribution in [0.15, 0.2) is 24.5 Å². The molecular formula is C17H20N2O. The van der Waals surface area contributed by atoms with Crippen LogP contribution in [0.4, 0.5) is 0 Å². The first-order valence-electron chi connectivity index (χ1n) is 7.28. The van der Waals surface area contributed by atoms with E-state index < -0.39 is 0 Å². The van der Waals surface area contributed by atoms with E-state index in [9.17, 15) is 4.79 Å². The first-order chi connectivity index (χ1) is 9.65. The Morgan fingerprint density at radius 3 is 2.85 bits per heavy atom.